The first kappa shape index (κ1) is 22.4. The lowest BCUT2D eigenvalue weighted by atomic mass is 9.80. The molecular weight excluding hydrogens is 420 g/mol. The number of rotatable bonds is 5. The van der Waals surface area contributed by atoms with Crippen molar-refractivity contribution in [2.75, 3.05) is 53.6 Å². The van der Waals surface area contributed by atoms with Crippen LogP contribution in [0.25, 0.3) is 0 Å². The van der Waals surface area contributed by atoms with E-state index >= 15 is 0 Å². The van der Waals surface area contributed by atoms with Gasteiger partial charge in [-0.15, -0.1) is 0 Å². The third-order valence-corrected chi connectivity index (χ3v) is 10.2. The second-order valence-corrected chi connectivity index (χ2v) is 11.8. The van der Waals surface area contributed by atoms with Crippen molar-refractivity contribution in [2.24, 2.45) is 11.8 Å². The molecule has 8 unspecified atom stereocenters. The van der Waals surface area contributed by atoms with Gasteiger partial charge in [-0.05, 0) is 31.6 Å². The molecule has 11 heteroatoms. The van der Waals surface area contributed by atoms with Crippen LogP contribution in [0, 0.1) is 11.8 Å². The predicted molar refractivity (Wildman–Crippen MR) is 117 cm³/mol. The van der Waals surface area contributed by atoms with Crippen LogP contribution in [0.4, 0.5) is 0 Å². The molecule has 0 radical (unpaired) electrons. The molecule has 1 saturated carbocycles. The Kier molecular flexibility index (Phi) is 6.59. The highest BCUT2D eigenvalue weighted by Crippen LogP contribution is 2.34. The van der Waals surface area contributed by atoms with Crippen LogP contribution in [-0.4, -0.2) is 108 Å². The van der Waals surface area contributed by atoms with Gasteiger partial charge in [-0.1, -0.05) is 0 Å². The Hall–Kier alpha value is -0.370. The molecule has 0 aromatic heterocycles. The molecule has 1 aliphatic carbocycles. The third kappa shape index (κ3) is 4.29. The molecule has 0 spiro atoms. The summed E-state index contributed by atoms with van der Waals surface area (Å²) in [5.41, 5.74) is 6.87. The minimum Gasteiger partial charge on any atom is -0.380 e. The zero-order valence-corrected chi connectivity index (χ0v) is 19.4. The lowest BCUT2D eigenvalue weighted by molar-refractivity contribution is -0.0209. The van der Waals surface area contributed by atoms with Crippen molar-refractivity contribution in [1.82, 2.24) is 30.9 Å². The SMILES string of the molecule is COC1CCC2CNN(C)C2C1NS(=O)(=O)C1CCC(C2CNN3CCOCC23)NC1. The first-order valence-corrected chi connectivity index (χ1v) is 13.3. The van der Waals surface area contributed by atoms with Gasteiger partial charge in [0.25, 0.3) is 0 Å². The van der Waals surface area contributed by atoms with E-state index in [1.165, 1.54) is 0 Å². The van der Waals surface area contributed by atoms with Crippen molar-refractivity contribution >= 4 is 10.0 Å². The number of hydrogen-bond acceptors (Lipinski definition) is 9. The van der Waals surface area contributed by atoms with E-state index < -0.39 is 15.3 Å². The normalized spacial score (nSPS) is 44.8. The molecule has 8 atom stereocenters. The smallest absolute Gasteiger partial charge is 0.216 e. The van der Waals surface area contributed by atoms with Crippen LogP contribution in [-0.2, 0) is 19.5 Å². The molecule has 0 bridgehead atoms. The Morgan fingerprint density at radius 3 is 2.74 bits per heavy atom. The van der Waals surface area contributed by atoms with Gasteiger partial charge in [0.05, 0.1) is 36.7 Å². The summed E-state index contributed by atoms with van der Waals surface area (Å²) >= 11 is 0. The van der Waals surface area contributed by atoms with Crippen molar-refractivity contribution in [3.05, 3.63) is 0 Å². The van der Waals surface area contributed by atoms with Gasteiger partial charge in [0.1, 0.15) is 0 Å². The maximum Gasteiger partial charge on any atom is 0.216 e. The first-order chi connectivity index (χ1) is 15.0. The highest BCUT2D eigenvalue weighted by molar-refractivity contribution is 7.90. The van der Waals surface area contributed by atoms with Crippen LogP contribution in [0.1, 0.15) is 25.7 Å². The second kappa shape index (κ2) is 9.11. The summed E-state index contributed by atoms with van der Waals surface area (Å²) < 4.78 is 41.2. The maximum atomic E-state index is 13.4. The molecule has 178 valence electrons. The number of piperidine rings is 1. The number of nitrogens with one attached hydrogen (secondary N) is 4. The largest absolute Gasteiger partial charge is 0.380 e. The number of hydrazine groups is 2. The number of ether oxygens (including phenoxy) is 2. The number of hydrogen-bond donors (Lipinski definition) is 4. The van der Waals surface area contributed by atoms with E-state index in [0.717, 1.165) is 52.1 Å². The van der Waals surface area contributed by atoms with Crippen molar-refractivity contribution in [2.45, 2.75) is 61.2 Å². The molecule has 4 saturated heterocycles. The van der Waals surface area contributed by atoms with E-state index in [4.69, 9.17) is 9.47 Å². The molecule has 5 rings (SSSR count). The van der Waals surface area contributed by atoms with Crippen molar-refractivity contribution < 1.29 is 17.9 Å². The van der Waals surface area contributed by atoms with Gasteiger partial charge < -0.3 is 14.8 Å². The van der Waals surface area contributed by atoms with Gasteiger partial charge in [-0.25, -0.2) is 23.2 Å². The standard InChI is InChI=1S/C20H38N6O4S/c1-25-20-13(9-22-25)3-6-18(29-2)19(20)24-31(27,28)14-4-5-16(21-10-14)15-11-23-26-7-8-30-12-17(15)26/h13-24H,3-12H2,1-2H3. The van der Waals surface area contributed by atoms with Gasteiger partial charge in [0.15, 0.2) is 0 Å². The van der Waals surface area contributed by atoms with Crippen molar-refractivity contribution in [3.63, 3.8) is 0 Å². The monoisotopic (exact) mass is 458 g/mol. The average Bonchev–Trinajstić information content (AvgIpc) is 3.38. The minimum atomic E-state index is -3.46. The van der Waals surface area contributed by atoms with Gasteiger partial charge in [0.2, 0.25) is 10.0 Å². The molecule has 0 aromatic carbocycles. The van der Waals surface area contributed by atoms with Gasteiger partial charge in [0, 0.05) is 58.3 Å². The molecule has 5 fully saturated rings. The summed E-state index contributed by atoms with van der Waals surface area (Å²) in [7, 11) is 0.238. The summed E-state index contributed by atoms with van der Waals surface area (Å²) in [4.78, 5) is 0. The van der Waals surface area contributed by atoms with Crippen LogP contribution in [0.2, 0.25) is 0 Å². The summed E-state index contributed by atoms with van der Waals surface area (Å²) in [6.07, 6.45) is 3.41. The topological polar surface area (TPSA) is 107 Å². The third-order valence-electron chi connectivity index (χ3n) is 8.28. The Morgan fingerprint density at radius 1 is 1.10 bits per heavy atom. The molecule has 0 aromatic rings. The Balaban J connectivity index is 1.21. The summed E-state index contributed by atoms with van der Waals surface area (Å²) in [6.45, 7) is 4.78. The van der Waals surface area contributed by atoms with Gasteiger partial charge in [-0.3, -0.25) is 10.9 Å². The maximum absolute atomic E-state index is 13.4. The molecule has 4 N–H and O–H groups in total. The minimum absolute atomic E-state index is 0.0930. The average molecular weight is 459 g/mol. The van der Waals surface area contributed by atoms with Crippen LogP contribution in [0.5, 0.6) is 0 Å². The summed E-state index contributed by atoms with van der Waals surface area (Å²) in [5, 5.41) is 7.54. The summed E-state index contributed by atoms with van der Waals surface area (Å²) in [6, 6.07) is 0.606. The lowest BCUT2D eigenvalue weighted by Crippen LogP contribution is -2.62. The fraction of sp³-hybridized carbons (Fsp3) is 1.00. The highest BCUT2D eigenvalue weighted by Gasteiger charge is 2.48. The number of nitrogens with zero attached hydrogens (tertiary/aromatic N) is 2. The fourth-order valence-corrected chi connectivity index (χ4v) is 8.14. The Bertz CT molecular complexity index is 733. The predicted octanol–water partition coefficient (Wildman–Crippen LogP) is -1.53. The van der Waals surface area contributed by atoms with Gasteiger partial charge in [-0.2, -0.15) is 0 Å². The number of methoxy groups -OCH3 is 1. The fourth-order valence-electron chi connectivity index (χ4n) is 6.51. The molecule has 31 heavy (non-hydrogen) atoms. The number of sulfonamides is 1. The van der Waals surface area contributed by atoms with Crippen LogP contribution >= 0.6 is 0 Å². The second-order valence-electron chi connectivity index (χ2n) is 9.84. The van der Waals surface area contributed by atoms with Crippen LogP contribution in [0.3, 0.4) is 0 Å². The lowest BCUT2D eigenvalue weighted by Gasteiger charge is -2.42. The number of morpholine rings is 1. The number of fused-ring (bicyclic) bond motifs is 2. The van der Waals surface area contributed by atoms with Gasteiger partial charge >= 0.3 is 0 Å². The quantitative estimate of drug-likeness (QED) is 0.390. The molecular formula is C20H38N6O4S. The molecule has 0 amide bonds. The Labute approximate surface area is 185 Å². The van der Waals surface area contributed by atoms with Crippen LogP contribution in [0.15, 0.2) is 0 Å². The molecule has 10 nitrogen and oxygen atoms in total. The van der Waals surface area contributed by atoms with Crippen molar-refractivity contribution in [1.29, 1.82) is 0 Å². The summed E-state index contributed by atoms with van der Waals surface area (Å²) in [5.74, 6) is 0.903. The van der Waals surface area contributed by atoms with E-state index in [9.17, 15) is 8.42 Å². The van der Waals surface area contributed by atoms with Crippen LogP contribution < -0.4 is 20.9 Å². The van der Waals surface area contributed by atoms with E-state index in [2.05, 4.69) is 30.9 Å². The van der Waals surface area contributed by atoms with Crippen molar-refractivity contribution in [3.8, 4) is 0 Å². The van der Waals surface area contributed by atoms with E-state index in [1.54, 1.807) is 7.11 Å². The number of likely N-dealkylation sites (N-methyl/N-ethyl adjacent to an activating group) is 1. The van der Waals surface area contributed by atoms with E-state index in [-0.39, 0.29) is 18.2 Å². The molecule has 4 heterocycles. The molecule has 5 aliphatic rings. The molecule has 4 aliphatic heterocycles. The zero-order valence-electron chi connectivity index (χ0n) is 18.6. The van der Waals surface area contributed by atoms with E-state index in [1.807, 2.05) is 7.05 Å². The Morgan fingerprint density at radius 2 is 1.97 bits per heavy atom. The zero-order chi connectivity index (χ0) is 21.6. The van der Waals surface area contributed by atoms with E-state index in [0.29, 0.717) is 36.9 Å². The first-order valence-electron chi connectivity index (χ1n) is 11.8. The highest BCUT2D eigenvalue weighted by atomic mass is 32.2.